The second-order valence-corrected chi connectivity index (χ2v) is 6.95. The molecule has 7 heteroatoms. The Morgan fingerprint density at radius 1 is 1.06 bits per heavy atom. The minimum atomic E-state index is -0.394. The zero-order valence-corrected chi connectivity index (χ0v) is 18.0. The first-order valence-corrected chi connectivity index (χ1v) is 9.76. The van der Waals surface area contributed by atoms with Crippen LogP contribution in [0.1, 0.15) is 32.9 Å². The highest BCUT2D eigenvalue weighted by Crippen LogP contribution is 2.22. The second-order valence-electron chi connectivity index (χ2n) is 6.95. The summed E-state index contributed by atoms with van der Waals surface area (Å²) in [6, 6.07) is 14.6. The molecule has 1 N–H and O–H groups in total. The molecule has 0 unspecified atom stereocenters. The Morgan fingerprint density at radius 2 is 1.77 bits per heavy atom. The van der Waals surface area contributed by atoms with Gasteiger partial charge >= 0.3 is 5.97 Å². The van der Waals surface area contributed by atoms with Crippen LogP contribution in [0.2, 0.25) is 0 Å². The Morgan fingerprint density at radius 3 is 2.45 bits per heavy atom. The van der Waals surface area contributed by atoms with Gasteiger partial charge in [-0.1, -0.05) is 30.3 Å². The van der Waals surface area contributed by atoms with Gasteiger partial charge in [-0.15, -0.1) is 0 Å². The lowest BCUT2D eigenvalue weighted by molar-refractivity contribution is -0.111. The highest BCUT2D eigenvalue weighted by atomic mass is 16.5. The number of carbonyl (C=O) groups excluding carboxylic acids is 2. The van der Waals surface area contributed by atoms with E-state index in [0.717, 1.165) is 22.6 Å². The number of hydrogen-bond acceptors (Lipinski definition) is 5. The first kappa shape index (κ1) is 21.8. The third-order valence-electron chi connectivity index (χ3n) is 4.92. The molecular formula is C24H25N3O4. The summed E-state index contributed by atoms with van der Waals surface area (Å²) in [5, 5.41) is 7.43. The fourth-order valence-electron chi connectivity index (χ4n) is 3.21. The number of nitrogens with one attached hydrogen (secondary N) is 1. The Hall–Kier alpha value is -3.87. The smallest absolute Gasteiger partial charge is 0.338 e. The van der Waals surface area contributed by atoms with Crippen molar-refractivity contribution in [1.29, 1.82) is 0 Å². The van der Waals surface area contributed by atoms with Gasteiger partial charge < -0.3 is 14.8 Å². The van der Waals surface area contributed by atoms with Crippen LogP contribution in [0, 0.1) is 13.8 Å². The zero-order valence-electron chi connectivity index (χ0n) is 18.0. The molecular weight excluding hydrogens is 394 g/mol. The van der Waals surface area contributed by atoms with Crippen LogP contribution in [0.3, 0.4) is 0 Å². The zero-order chi connectivity index (χ0) is 22.4. The number of aromatic nitrogens is 2. The number of ether oxygens (including phenoxy) is 2. The molecule has 0 saturated heterocycles. The van der Waals surface area contributed by atoms with Crippen molar-refractivity contribution >= 4 is 23.6 Å². The van der Waals surface area contributed by atoms with Crippen molar-refractivity contribution in [3.63, 3.8) is 0 Å². The molecule has 0 bridgehead atoms. The topological polar surface area (TPSA) is 82.5 Å². The van der Waals surface area contributed by atoms with Crippen molar-refractivity contribution in [2.24, 2.45) is 0 Å². The molecule has 1 heterocycles. The van der Waals surface area contributed by atoms with Crippen molar-refractivity contribution in [3.05, 3.63) is 82.7 Å². The van der Waals surface area contributed by atoms with Gasteiger partial charge in [0, 0.05) is 6.08 Å². The summed E-state index contributed by atoms with van der Waals surface area (Å²) < 4.78 is 11.8. The number of aryl methyl sites for hydroxylation is 1. The highest BCUT2D eigenvalue weighted by molar-refractivity contribution is 6.02. The molecule has 160 valence electrons. The summed E-state index contributed by atoms with van der Waals surface area (Å²) in [5.74, 6) is 0.111. The van der Waals surface area contributed by atoms with Crippen LogP contribution in [0.25, 0.3) is 6.08 Å². The maximum atomic E-state index is 12.4. The lowest BCUT2D eigenvalue weighted by Gasteiger charge is -2.10. The van der Waals surface area contributed by atoms with Gasteiger partial charge in [0.1, 0.15) is 5.75 Å². The van der Waals surface area contributed by atoms with Crippen LogP contribution >= 0.6 is 0 Å². The summed E-state index contributed by atoms with van der Waals surface area (Å²) in [7, 11) is 2.96. The van der Waals surface area contributed by atoms with E-state index >= 15 is 0 Å². The number of nitrogens with zero attached hydrogens (tertiary/aromatic N) is 2. The number of esters is 1. The van der Waals surface area contributed by atoms with E-state index in [1.807, 2.05) is 50.2 Å². The van der Waals surface area contributed by atoms with E-state index < -0.39 is 5.97 Å². The van der Waals surface area contributed by atoms with E-state index in [4.69, 9.17) is 9.47 Å². The van der Waals surface area contributed by atoms with Gasteiger partial charge in [0.25, 0.3) is 0 Å². The molecule has 0 atom stereocenters. The molecule has 3 rings (SSSR count). The number of anilines is 1. The molecule has 1 aromatic heterocycles. The average molecular weight is 419 g/mol. The molecule has 31 heavy (non-hydrogen) atoms. The molecule has 2 aromatic carbocycles. The summed E-state index contributed by atoms with van der Waals surface area (Å²) in [4.78, 5) is 24.5. The van der Waals surface area contributed by atoms with Crippen LogP contribution < -0.4 is 10.1 Å². The maximum absolute atomic E-state index is 12.4. The first-order chi connectivity index (χ1) is 14.9. The van der Waals surface area contributed by atoms with Gasteiger partial charge in [-0.2, -0.15) is 5.10 Å². The number of rotatable bonds is 7. The van der Waals surface area contributed by atoms with E-state index in [2.05, 4.69) is 10.4 Å². The summed E-state index contributed by atoms with van der Waals surface area (Å²) >= 11 is 0. The average Bonchev–Trinajstić information content (AvgIpc) is 3.05. The predicted octanol–water partition coefficient (Wildman–Crippen LogP) is 4.00. The summed E-state index contributed by atoms with van der Waals surface area (Å²) in [6.45, 7) is 4.09. The highest BCUT2D eigenvalue weighted by Gasteiger charge is 2.16. The second kappa shape index (κ2) is 9.75. The van der Waals surface area contributed by atoms with E-state index in [1.54, 1.807) is 30.0 Å². The number of methoxy groups -OCH3 is 2. The van der Waals surface area contributed by atoms with Crippen LogP contribution in [-0.2, 0) is 16.1 Å². The molecule has 0 spiro atoms. The Bertz CT molecular complexity index is 1110. The van der Waals surface area contributed by atoms with Crippen molar-refractivity contribution < 1.29 is 19.1 Å². The largest absolute Gasteiger partial charge is 0.497 e. The molecule has 0 aliphatic carbocycles. The van der Waals surface area contributed by atoms with Crippen LogP contribution in [-0.4, -0.2) is 35.9 Å². The SMILES string of the molecule is COC(=O)c1ccccc1Cn1nc(C)c(NC(=O)/C=C/c2ccc(OC)cc2)c1C. The third kappa shape index (κ3) is 5.19. The number of carbonyl (C=O) groups is 2. The van der Waals surface area contributed by atoms with E-state index in [0.29, 0.717) is 23.5 Å². The standard InChI is InChI=1S/C24H25N3O4/c1-16-23(25-22(28)14-11-18-9-12-20(30-3)13-10-18)17(2)27(26-16)15-19-7-5-6-8-21(19)24(29)31-4/h5-14H,15H2,1-4H3,(H,25,28)/b14-11+. The minimum absolute atomic E-state index is 0.253. The van der Waals surface area contributed by atoms with Gasteiger partial charge in [0.05, 0.1) is 43.4 Å². The van der Waals surface area contributed by atoms with Gasteiger partial charge in [-0.05, 0) is 49.2 Å². The molecule has 0 aliphatic heterocycles. The van der Waals surface area contributed by atoms with Gasteiger partial charge in [-0.25, -0.2) is 4.79 Å². The van der Waals surface area contributed by atoms with E-state index in [-0.39, 0.29) is 5.91 Å². The maximum Gasteiger partial charge on any atom is 0.338 e. The van der Waals surface area contributed by atoms with E-state index in [1.165, 1.54) is 13.2 Å². The third-order valence-corrected chi connectivity index (χ3v) is 4.92. The quantitative estimate of drug-likeness (QED) is 0.462. The monoisotopic (exact) mass is 419 g/mol. The Kier molecular flexibility index (Phi) is 6.87. The normalized spacial score (nSPS) is 10.8. The minimum Gasteiger partial charge on any atom is -0.497 e. The van der Waals surface area contributed by atoms with Gasteiger partial charge in [0.2, 0.25) is 5.91 Å². The number of hydrogen-bond donors (Lipinski definition) is 1. The lowest BCUT2D eigenvalue weighted by atomic mass is 10.1. The number of benzene rings is 2. The number of amides is 1. The molecule has 7 nitrogen and oxygen atoms in total. The van der Waals surface area contributed by atoms with Crippen molar-refractivity contribution in [2.75, 3.05) is 19.5 Å². The van der Waals surface area contributed by atoms with Crippen LogP contribution in [0.5, 0.6) is 5.75 Å². The van der Waals surface area contributed by atoms with Crippen molar-refractivity contribution in [3.8, 4) is 5.75 Å². The molecule has 0 aliphatic rings. The van der Waals surface area contributed by atoms with Crippen LogP contribution in [0.4, 0.5) is 5.69 Å². The molecule has 1 amide bonds. The van der Waals surface area contributed by atoms with Gasteiger partial charge in [0.15, 0.2) is 0 Å². The fourth-order valence-corrected chi connectivity index (χ4v) is 3.21. The summed E-state index contributed by atoms with van der Waals surface area (Å²) in [5.41, 5.74) is 4.31. The van der Waals surface area contributed by atoms with E-state index in [9.17, 15) is 9.59 Å². The molecule has 0 saturated carbocycles. The summed E-state index contributed by atoms with van der Waals surface area (Å²) in [6.07, 6.45) is 3.21. The lowest BCUT2D eigenvalue weighted by Crippen LogP contribution is -2.12. The molecule has 3 aromatic rings. The predicted molar refractivity (Wildman–Crippen MR) is 119 cm³/mol. The van der Waals surface area contributed by atoms with Gasteiger partial charge in [-0.3, -0.25) is 9.48 Å². The first-order valence-electron chi connectivity index (χ1n) is 9.76. The Labute approximate surface area is 181 Å². The molecule has 0 fully saturated rings. The molecule has 0 radical (unpaired) electrons. The van der Waals surface area contributed by atoms with Crippen molar-refractivity contribution in [1.82, 2.24) is 9.78 Å². The fraction of sp³-hybridized carbons (Fsp3) is 0.208. The van der Waals surface area contributed by atoms with Crippen molar-refractivity contribution in [2.45, 2.75) is 20.4 Å². The van der Waals surface area contributed by atoms with Crippen LogP contribution in [0.15, 0.2) is 54.6 Å². The Balaban J connectivity index is 1.75.